The van der Waals surface area contributed by atoms with Gasteiger partial charge in [0.1, 0.15) is 6.04 Å². The van der Waals surface area contributed by atoms with Gasteiger partial charge < -0.3 is 10.0 Å². The van der Waals surface area contributed by atoms with Crippen molar-refractivity contribution < 1.29 is 19.6 Å². The van der Waals surface area contributed by atoms with Gasteiger partial charge in [-0.05, 0) is 36.8 Å². The van der Waals surface area contributed by atoms with E-state index in [9.17, 15) is 24.8 Å². The summed E-state index contributed by atoms with van der Waals surface area (Å²) in [7, 11) is 0. The predicted octanol–water partition coefficient (Wildman–Crippen LogP) is 1.92. The van der Waals surface area contributed by atoms with Crippen LogP contribution in [0, 0.1) is 22.0 Å². The number of benzene rings is 1. The first-order chi connectivity index (χ1) is 10.5. The second-order valence-electron chi connectivity index (χ2n) is 5.90. The van der Waals surface area contributed by atoms with E-state index in [1.54, 1.807) is 0 Å². The fourth-order valence-corrected chi connectivity index (χ4v) is 3.72. The molecule has 1 N–H and O–H groups in total. The van der Waals surface area contributed by atoms with E-state index in [0.29, 0.717) is 6.54 Å². The third-order valence-electron chi connectivity index (χ3n) is 4.73. The maximum absolute atomic E-state index is 12.6. The van der Waals surface area contributed by atoms with E-state index >= 15 is 0 Å². The molecule has 0 radical (unpaired) electrons. The van der Waals surface area contributed by atoms with Gasteiger partial charge in [-0.25, -0.2) is 4.79 Å². The number of nitro groups is 1. The molecule has 2 fully saturated rings. The minimum Gasteiger partial charge on any atom is -0.480 e. The summed E-state index contributed by atoms with van der Waals surface area (Å²) in [6, 6.07) is 4.51. The molecule has 1 amide bonds. The average molecular weight is 304 g/mol. The molecule has 0 aromatic heterocycles. The van der Waals surface area contributed by atoms with Crippen molar-refractivity contribution in [3.05, 3.63) is 39.9 Å². The first-order valence-corrected chi connectivity index (χ1v) is 7.27. The van der Waals surface area contributed by atoms with Gasteiger partial charge >= 0.3 is 5.97 Å². The Bertz CT molecular complexity index is 627. The number of fused-ring (bicyclic) bond motifs is 1. The summed E-state index contributed by atoms with van der Waals surface area (Å²) in [4.78, 5) is 35.6. The van der Waals surface area contributed by atoms with E-state index in [2.05, 4.69) is 0 Å². The fourth-order valence-electron chi connectivity index (χ4n) is 3.72. The highest BCUT2D eigenvalue weighted by Crippen LogP contribution is 2.42. The van der Waals surface area contributed by atoms with Gasteiger partial charge in [-0.3, -0.25) is 14.9 Å². The molecule has 0 spiro atoms. The quantitative estimate of drug-likeness (QED) is 0.679. The number of nitro benzene ring substituents is 1. The molecule has 3 atom stereocenters. The van der Waals surface area contributed by atoms with Crippen LogP contribution < -0.4 is 0 Å². The third kappa shape index (κ3) is 2.32. The highest BCUT2D eigenvalue weighted by atomic mass is 16.6. The number of aliphatic carboxylic acids is 1. The van der Waals surface area contributed by atoms with Gasteiger partial charge in [0.15, 0.2) is 0 Å². The number of carbonyl (C=O) groups excluding carboxylic acids is 1. The lowest BCUT2D eigenvalue weighted by atomic mass is 9.94. The van der Waals surface area contributed by atoms with Crippen LogP contribution in [-0.2, 0) is 4.79 Å². The standard InChI is InChI=1S/C15H16N2O5/c18-14(9-4-6-11(7-5-9)17(21)22)16-8-10-2-1-3-12(10)13(16)15(19)20/h4-7,10,12-13H,1-3,8H2,(H,19,20). The first-order valence-electron chi connectivity index (χ1n) is 7.27. The van der Waals surface area contributed by atoms with E-state index in [-0.39, 0.29) is 29.0 Å². The molecule has 7 nitrogen and oxygen atoms in total. The van der Waals surface area contributed by atoms with E-state index < -0.39 is 16.9 Å². The Hall–Kier alpha value is -2.44. The Kier molecular flexibility index (Phi) is 3.56. The SMILES string of the molecule is O=C(O)C1C2CCCC2CN1C(=O)c1ccc([N+](=O)[O-])cc1. The van der Waals surface area contributed by atoms with Crippen molar-refractivity contribution >= 4 is 17.6 Å². The zero-order valence-electron chi connectivity index (χ0n) is 11.8. The zero-order chi connectivity index (χ0) is 15.9. The van der Waals surface area contributed by atoms with Crippen LogP contribution in [-0.4, -0.2) is 39.4 Å². The average Bonchev–Trinajstić information content (AvgIpc) is 3.06. The van der Waals surface area contributed by atoms with Crippen molar-refractivity contribution in [2.45, 2.75) is 25.3 Å². The number of hydrogen-bond donors (Lipinski definition) is 1. The van der Waals surface area contributed by atoms with Gasteiger partial charge in [0.05, 0.1) is 4.92 Å². The fraction of sp³-hybridized carbons (Fsp3) is 0.467. The molecule has 1 saturated heterocycles. The van der Waals surface area contributed by atoms with Crippen molar-refractivity contribution in [1.29, 1.82) is 0 Å². The predicted molar refractivity (Wildman–Crippen MR) is 76.4 cm³/mol. The van der Waals surface area contributed by atoms with Crippen molar-refractivity contribution in [3.63, 3.8) is 0 Å². The number of amides is 1. The zero-order valence-corrected chi connectivity index (χ0v) is 11.8. The molecule has 1 aliphatic heterocycles. The molecule has 2 aliphatic rings. The molecule has 3 rings (SSSR count). The van der Waals surface area contributed by atoms with Gasteiger partial charge in [0.2, 0.25) is 0 Å². The molecule has 3 unspecified atom stereocenters. The number of hydrogen-bond acceptors (Lipinski definition) is 4. The molecule has 1 saturated carbocycles. The van der Waals surface area contributed by atoms with Gasteiger partial charge in [0.25, 0.3) is 11.6 Å². The third-order valence-corrected chi connectivity index (χ3v) is 4.73. The summed E-state index contributed by atoms with van der Waals surface area (Å²) in [6.45, 7) is 0.456. The van der Waals surface area contributed by atoms with Gasteiger partial charge in [-0.2, -0.15) is 0 Å². The van der Waals surface area contributed by atoms with Crippen LogP contribution in [0.1, 0.15) is 29.6 Å². The second kappa shape index (κ2) is 5.40. The maximum Gasteiger partial charge on any atom is 0.326 e. The maximum atomic E-state index is 12.6. The number of likely N-dealkylation sites (tertiary alicyclic amines) is 1. The molecular formula is C15H16N2O5. The molecule has 1 aliphatic carbocycles. The summed E-state index contributed by atoms with van der Waals surface area (Å²) >= 11 is 0. The van der Waals surface area contributed by atoms with Crippen molar-refractivity contribution in [2.75, 3.05) is 6.54 Å². The van der Waals surface area contributed by atoms with Gasteiger partial charge in [-0.1, -0.05) is 6.42 Å². The molecule has 1 aromatic carbocycles. The lowest BCUT2D eigenvalue weighted by Crippen LogP contribution is -2.43. The summed E-state index contributed by atoms with van der Waals surface area (Å²) in [5.41, 5.74) is 0.196. The Morgan fingerprint density at radius 3 is 2.50 bits per heavy atom. The molecule has 1 heterocycles. The molecular weight excluding hydrogens is 288 g/mol. The Morgan fingerprint density at radius 2 is 1.91 bits per heavy atom. The molecule has 7 heteroatoms. The highest BCUT2D eigenvalue weighted by molar-refractivity contribution is 5.97. The number of carbonyl (C=O) groups is 2. The Balaban J connectivity index is 1.84. The van der Waals surface area contributed by atoms with Crippen LogP contribution in [0.3, 0.4) is 0 Å². The number of non-ortho nitro benzene ring substituents is 1. The minimum absolute atomic E-state index is 0.0273. The largest absolute Gasteiger partial charge is 0.480 e. The van der Waals surface area contributed by atoms with Crippen molar-refractivity contribution in [3.8, 4) is 0 Å². The Labute approximate surface area is 126 Å². The number of carboxylic acids is 1. The second-order valence-corrected chi connectivity index (χ2v) is 5.90. The lowest BCUT2D eigenvalue weighted by Gasteiger charge is -2.24. The smallest absolute Gasteiger partial charge is 0.326 e. The number of carboxylic acid groups (broad SMARTS) is 1. The summed E-state index contributed by atoms with van der Waals surface area (Å²) < 4.78 is 0. The summed E-state index contributed by atoms with van der Waals surface area (Å²) in [5.74, 6) is -1.05. The van der Waals surface area contributed by atoms with Gasteiger partial charge in [0, 0.05) is 24.2 Å². The van der Waals surface area contributed by atoms with Crippen LogP contribution in [0.2, 0.25) is 0 Å². The topological polar surface area (TPSA) is 101 Å². The van der Waals surface area contributed by atoms with E-state index in [0.717, 1.165) is 19.3 Å². The van der Waals surface area contributed by atoms with Crippen LogP contribution >= 0.6 is 0 Å². The van der Waals surface area contributed by atoms with Crippen LogP contribution in [0.4, 0.5) is 5.69 Å². The molecule has 116 valence electrons. The summed E-state index contributed by atoms with van der Waals surface area (Å²) in [6.07, 6.45) is 2.81. The van der Waals surface area contributed by atoms with E-state index in [1.165, 1.54) is 29.2 Å². The van der Waals surface area contributed by atoms with Crippen LogP contribution in [0.5, 0.6) is 0 Å². The summed E-state index contributed by atoms with van der Waals surface area (Å²) in [5, 5.41) is 20.1. The van der Waals surface area contributed by atoms with Crippen molar-refractivity contribution in [1.82, 2.24) is 4.90 Å². The normalized spacial score (nSPS) is 26.7. The number of nitrogens with zero attached hydrogens (tertiary/aromatic N) is 2. The van der Waals surface area contributed by atoms with E-state index in [4.69, 9.17) is 0 Å². The minimum atomic E-state index is -0.968. The molecule has 0 bridgehead atoms. The van der Waals surface area contributed by atoms with Gasteiger partial charge in [-0.15, -0.1) is 0 Å². The van der Waals surface area contributed by atoms with Crippen LogP contribution in [0.25, 0.3) is 0 Å². The monoisotopic (exact) mass is 304 g/mol. The lowest BCUT2D eigenvalue weighted by molar-refractivity contribution is -0.384. The Morgan fingerprint density at radius 1 is 1.23 bits per heavy atom. The number of rotatable bonds is 3. The van der Waals surface area contributed by atoms with Crippen LogP contribution in [0.15, 0.2) is 24.3 Å². The molecule has 22 heavy (non-hydrogen) atoms. The molecule has 1 aromatic rings. The highest BCUT2D eigenvalue weighted by Gasteiger charge is 2.49. The van der Waals surface area contributed by atoms with E-state index in [1.807, 2.05) is 0 Å². The van der Waals surface area contributed by atoms with Crippen molar-refractivity contribution in [2.24, 2.45) is 11.8 Å². The first kappa shape index (κ1) is 14.5.